The Morgan fingerprint density at radius 1 is 0.611 bits per heavy atom. The fraction of sp³-hybridized carbons (Fsp3) is 0.214. The average molecular weight is 491 g/mol. The molecule has 186 valence electrons. The van der Waals surface area contributed by atoms with Gasteiger partial charge in [-0.2, -0.15) is 0 Å². The monoisotopic (exact) mass is 490 g/mol. The number of ether oxygens (including phenoxy) is 4. The largest absolute Gasteiger partial charge is 0.506 e. The van der Waals surface area contributed by atoms with Crippen LogP contribution in [0, 0.1) is 0 Å². The van der Waals surface area contributed by atoms with E-state index >= 15 is 0 Å². The Hall–Kier alpha value is -4.46. The number of hydrogen-bond donors (Lipinski definition) is 2. The number of Topliss-reactive ketones (excluding diaryl/α,β-unsaturated/α-hetero) is 2. The Morgan fingerprint density at radius 3 is 1.25 bits per heavy atom. The van der Waals surface area contributed by atoms with E-state index < -0.39 is 0 Å². The molecule has 8 heteroatoms. The third-order valence-corrected chi connectivity index (χ3v) is 6.28. The van der Waals surface area contributed by atoms with Gasteiger partial charge >= 0.3 is 0 Å². The first-order valence-electron chi connectivity index (χ1n) is 11.0. The van der Waals surface area contributed by atoms with Crippen molar-refractivity contribution in [3.63, 3.8) is 0 Å². The van der Waals surface area contributed by atoms with Crippen LogP contribution in [0.1, 0.15) is 34.6 Å². The number of carbonyl (C=O) groups is 2. The van der Waals surface area contributed by atoms with Gasteiger partial charge in [0.05, 0.1) is 50.3 Å². The summed E-state index contributed by atoms with van der Waals surface area (Å²) < 4.78 is 22.5. The zero-order valence-electron chi connectivity index (χ0n) is 20.8. The van der Waals surface area contributed by atoms with Crippen LogP contribution in [0.5, 0.6) is 34.5 Å². The van der Waals surface area contributed by atoms with E-state index in [1.807, 2.05) is 0 Å². The summed E-state index contributed by atoms with van der Waals surface area (Å²) in [5.41, 5.74) is 1.23. The first kappa shape index (κ1) is 24.7. The van der Waals surface area contributed by atoms with Gasteiger partial charge in [-0.1, -0.05) is 0 Å². The molecule has 0 aliphatic rings. The van der Waals surface area contributed by atoms with Crippen molar-refractivity contribution in [2.45, 2.75) is 13.8 Å². The summed E-state index contributed by atoms with van der Waals surface area (Å²) in [6.45, 7) is 2.71. The van der Waals surface area contributed by atoms with Crippen molar-refractivity contribution in [3.8, 4) is 45.6 Å². The number of fused-ring (bicyclic) bond motifs is 2. The standard InChI is InChI=1S/C28H26O8/c1-13(29)19-11-21(33-3)17-9-7-15(27(35-5)23(17)25(19)31)16-8-10-18-22(34-4)12-20(14(2)30)26(32)24(18)28(16)36-6/h7-12,31-32H,1-6H3. The molecule has 0 atom stereocenters. The maximum absolute atomic E-state index is 12.2. The van der Waals surface area contributed by atoms with Gasteiger partial charge < -0.3 is 29.2 Å². The Morgan fingerprint density at radius 2 is 0.972 bits per heavy atom. The van der Waals surface area contributed by atoms with Gasteiger partial charge in [-0.3, -0.25) is 9.59 Å². The zero-order chi connectivity index (χ0) is 26.3. The van der Waals surface area contributed by atoms with Crippen LogP contribution in [0.4, 0.5) is 0 Å². The first-order chi connectivity index (χ1) is 17.2. The topological polar surface area (TPSA) is 112 Å². The van der Waals surface area contributed by atoms with Gasteiger partial charge in [0.25, 0.3) is 0 Å². The summed E-state index contributed by atoms with van der Waals surface area (Å²) in [6, 6.07) is 10.00. The third kappa shape index (κ3) is 3.62. The molecule has 0 bridgehead atoms. The van der Waals surface area contributed by atoms with Crippen LogP contribution in [-0.2, 0) is 0 Å². The van der Waals surface area contributed by atoms with Gasteiger partial charge in [-0.15, -0.1) is 0 Å². The number of phenols is 2. The van der Waals surface area contributed by atoms with Gasteiger partial charge in [0.2, 0.25) is 0 Å². The number of ketones is 2. The lowest BCUT2D eigenvalue weighted by atomic mass is 9.92. The van der Waals surface area contributed by atoms with Crippen LogP contribution in [-0.4, -0.2) is 50.2 Å². The van der Waals surface area contributed by atoms with Gasteiger partial charge in [0.15, 0.2) is 11.6 Å². The van der Waals surface area contributed by atoms with Crippen molar-refractivity contribution < 1.29 is 38.7 Å². The van der Waals surface area contributed by atoms with E-state index in [1.165, 1.54) is 54.4 Å². The van der Waals surface area contributed by atoms with E-state index in [9.17, 15) is 19.8 Å². The van der Waals surface area contributed by atoms with Gasteiger partial charge in [0.1, 0.15) is 34.5 Å². The second-order valence-corrected chi connectivity index (χ2v) is 8.20. The second kappa shape index (κ2) is 9.30. The second-order valence-electron chi connectivity index (χ2n) is 8.20. The fourth-order valence-electron chi connectivity index (χ4n) is 4.59. The fourth-order valence-corrected chi connectivity index (χ4v) is 4.59. The Kier molecular flexibility index (Phi) is 6.37. The average Bonchev–Trinajstić information content (AvgIpc) is 2.87. The predicted molar refractivity (Wildman–Crippen MR) is 136 cm³/mol. The van der Waals surface area contributed by atoms with E-state index in [0.29, 0.717) is 44.2 Å². The SMILES string of the molecule is COc1cc(C(C)=O)c(O)c2c(OC)c(-c3ccc4c(OC)cc(C(C)=O)c(O)c4c3OC)ccc12. The van der Waals surface area contributed by atoms with E-state index in [0.717, 1.165) is 0 Å². The smallest absolute Gasteiger partial charge is 0.163 e. The number of methoxy groups -OCH3 is 4. The molecule has 0 aliphatic heterocycles. The van der Waals surface area contributed by atoms with Crippen molar-refractivity contribution >= 4 is 33.1 Å². The third-order valence-electron chi connectivity index (χ3n) is 6.28. The Labute approximate surface area is 207 Å². The molecule has 0 amide bonds. The number of rotatable bonds is 7. The van der Waals surface area contributed by atoms with Crippen molar-refractivity contribution in [1.29, 1.82) is 0 Å². The molecule has 0 fully saturated rings. The molecule has 0 saturated heterocycles. The molecule has 0 radical (unpaired) electrons. The summed E-state index contributed by atoms with van der Waals surface area (Å²) in [6.07, 6.45) is 0. The van der Waals surface area contributed by atoms with Gasteiger partial charge in [-0.05, 0) is 50.2 Å². The highest BCUT2D eigenvalue weighted by molar-refractivity contribution is 6.12. The summed E-state index contributed by atoms with van der Waals surface area (Å²) in [5, 5.41) is 23.8. The molecule has 0 heterocycles. The van der Waals surface area contributed by atoms with E-state index in [-0.39, 0.29) is 45.7 Å². The molecule has 8 nitrogen and oxygen atoms in total. The molecule has 4 aromatic rings. The van der Waals surface area contributed by atoms with Crippen molar-refractivity contribution in [1.82, 2.24) is 0 Å². The number of aromatic hydroxyl groups is 2. The van der Waals surface area contributed by atoms with Crippen LogP contribution < -0.4 is 18.9 Å². The maximum Gasteiger partial charge on any atom is 0.163 e. The highest BCUT2D eigenvalue weighted by Crippen LogP contribution is 2.51. The zero-order valence-corrected chi connectivity index (χ0v) is 20.8. The van der Waals surface area contributed by atoms with Crippen LogP contribution >= 0.6 is 0 Å². The normalized spacial score (nSPS) is 10.9. The van der Waals surface area contributed by atoms with Crippen LogP contribution in [0.3, 0.4) is 0 Å². The van der Waals surface area contributed by atoms with Crippen molar-refractivity contribution in [2.75, 3.05) is 28.4 Å². The van der Waals surface area contributed by atoms with E-state index in [2.05, 4.69) is 0 Å². The van der Waals surface area contributed by atoms with E-state index in [4.69, 9.17) is 18.9 Å². The van der Waals surface area contributed by atoms with Crippen molar-refractivity contribution in [3.05, 3.63) is 47.5 Å². The molecule has 36 heavy (non-hydrogen) atoms. The summed E-state index contributed by atoms with van der Waals surface area (Å²) in [7, 11) is 5.86. The Bertz CT molecular complexity index is 1430. The number of hydrogen-bond acceptors (Lipinski definition) is 8. The highest BCUT2D eigenvalue weighted by atomic mass is 16.5. The molecule has 0 saturated carbocycles. The van der Waals surface area contributed by atoms with Gasteiger partial charge in [0, 0.05) is 21.9 Å². The molecular formula is C28H26O8. The van der Waals surface area contributed by atoms with E-state index in [1.54, 1.807) is 24.3 Å². The van der Waals surface area contributed by atoms with Crippen LogP contribution in [0.25, 0.3) is 32.7 Å². The summed E-state index contributed by atoms with van der Waals surface area (Å²) >= 11 is 0. The van der Waals surface area contributed by atoms with Crippen molar-refractivity contribution in [2.24, 2.45) is 0 Å². The minimum atomic E-state index is -0.336. The molecular weight excluding hydrogens is 464 g/mol. The molecule has 0 unspecified atom stereocenters. The minimum absolute atomic E-state index is 0.0914. The lowest BCUT2D eigenvalue weighted by Gasteiger charge is -2.20. The van der Waals surface area contributed by atoms with Crippen LogP contribution in [0.2, 0.25) is 0 Å². The molecule has 2 N–H and O–H groups in total. The summed E-state index contributed by atoms with van der Waals surface area (Å²) in [5.74, 6) is 0.208. The quantitative estimate of drug-likeness (QED) is 0.326. The Balaban J connectivity index is 2.17. The lowest BCUT2D eigenvalue weighted by molar-refractivity contribution is 0.100. The molecule has 0 aliphatic carbocycles. The van der Waals surface area contributed by atoms with Crippen LogP contribution in [0.15, 0.2) is 36.4 Å². The minimum Gasteiger partial charge on any atom is -0.506 e. The number of phenolic OH excluding ortho intramolecular Hbond substituents is 2. The predicted octanol–water partition coefficient (Wildman–Crippen LogP) is 5.51. The summed E-state index contributed by atoms with van der Waals surface area (Å²) in [4.78, 5) is 24.4. The maximum atomic E-state index is 12.2. The van der Waals surface area contributed by atoms with Gasteiger partial charge in [-0.25, -0.2) is 0 Å². The number of carbonyl (C=O) groups excluding carboxylic acids is 2. The first-order valence-corrected chi connectivity index (χ1v) is 11.0. The lowest BCUT2D eigenvalue weighted by Crippen LogP contribution is -2.00. The molecule has 4 aromatic carbocycles. The molecule has 4 rings (SSSR count). The number of benzene rings is 4. The highest BCUT2D eigenvalue weighted by Gasteiger charge is 2.25. The molecule has 0 spiro atoms. The molecule has 0 aromatic heterocycles.